The summed E-state index contributed by atoms with van der Waals surface area (Å²) >= 11 is 0. The highest BCUT2D eigenvalue weighted by molar-refractivity contribution is 5.71. The summed E-state index contributed by atoms with van der Waals surface area (Å²) in [4.78, 5) is 10.2. The number of non-ortho nitro benzene ring substituents is 1. The first kappa shape index (κ1) is 13.2. The van der Waals surface area contributed by atoms with Crippen LogP contribution in [0.1, 0.15) is 11.1 Å². The van der Waals surface area contributed by atoms with Gasteiger partial charge in [-0.2, -0.15) is 0 Å². The summed E-state index contributed by atoms with van der Waals surface area (Å²) in [5, 5.41) is 10.6. The minimum absolute atomic E-state index is 0.0893. The lowest BCUT2D eigenvalue weighted by atomic mass is 10.1. The Hall–Kier alpha value is -2.82. The van der Waals surface area contributed by atoms with Crippen LogP contribution in [0.3, 0.4) is 0 Å². The largest absolute Gasteiger partial charge is 0.486 e. The van der Waals surface area contributed by atoms with Crippen molar-refractivity contribution in [3.05, 3.63) is 63.7 Å². The second-order valence-electron chi connectivity index (χ2n) is 4.59. The molecule has 1 aliphatic rings. The second-order valence-corrected chi connectivity index (χ2v) is 4.59. The van der Waals surface area contributed by atoms with Gasteiger partial charge in [0.1, 0.15) is 13.2 Å². The Bertz CT molecular complexity index is 692. The van der Waals surface area contributed by atoms with E-state index in [-0.39, 0.29) is 5.69 Å². The number of hydrogen-bond acceptors (Lipinski definition) is 4. The van der Waals surface area contributed by atoms with Gasteiger partial charge < -0.3 is 9.47 Å². The predicted octanol–water partition coefficient (Wildman–Crippen LogP) is 3.54. The van der Waals surface area contributed by atoms with Crippen molar-refractivity contribution in [2.24, 2.45) is 0 Å². The summed E-state index contributed by atoms with van der Waals surface area (Å²) < 4.78 is 11.0. The van der Waals surface area contributed by atoms with Crippen molar-refractivity contribution < 1.29 is 14.4 Å². The molecule has 1 heterocycles. The van der Waals surface area contributed by atoms with Crippen LogP contribution in [0, 0.1) is 10.1 Å². The van der Waals surface area contributed by atoms with E-state index in [1.54, 1.807) is 12.1 Å². The summed E-state index contributed by atoms with van der Waals surface area (Å²) in [5.74, 6) is 1.50. The van der Waals surface area contributed by atoms with Crippen molar-refractivity contribution in [2.45, 2.75) is 0 Å². The van der Waals surface area contributed by atoms with E-state index < -0.39 is 4.92 Å². The monoisotopic (exact) mass is 283 g/mol. The molecule has 0 N–H and O–H groups in total. The minimum atomic E-state index is -0.408. The molecule has 0 aromatic heterocycles. The van der Waals surface area contributed by atoms with E-state index in [1.807, 2.05) is 30.4 Å². The Morgan fingerprint density at radius 2 is 1.52 bits per heavy atom. The molecule has 1 aliphatic heterocycles. The van der Waals surface area contributed by atoms with Crippen LogP contribution in [0.5, 0.6) is 11.5 Å². The third-order valence-electron chi connectivity index (χ3n) is 3.14. The molecule has 0 unspecified atom stereocenters. The second kappa shape index (κ2) is 5.66. The molecule has 106 valence electrons. The highest BCUT2D eigenvalue weighted by Crippen LogP contribution is 2.31. The number of nitrogens with zero attached hydrogens (tertiary/aromatic N) is 1. The first-order chi connectivity index (χ1) is 10.2. The summed E-state index contributed by atoms with van der Waals surface area (Å²) in [6.07, 6.45) is 3.83. The Labute approximate surface area is 121 Å². The van der Waals surface area contributed by atoms with Gasteiger partial charge in [-0.3, -0.25) is 10.1 Å². The molecular weight excluding hydrogens is 270 g/mol. The zero-order chi connectivity index (χ0) is 14.7. The number of nitro groups is 1. The van der Waals surface area contributed by atoms with Crippen LogP contribution in [0.25, 0.3) is 12.2 Å². The van der Waals surface area contributed by atoms with Gasteiger partial charge in [-0.25, -0.2) is 0 Å². The van der Waals surface area contributed by atoms with Gasteiger partial charge in [0.15, 0.2) is 11.5 Å². The highest BCUT2D eigenvalue weighted by atomic mass is 16.6. The number of fused-ring (bicyclic) bond motifs is 1. The quantitative estimate of drug-likeness (QED) is 0.491. The van der Waals surface area contributed by atoms with Crippen LogP contribution in [-0.4, -0.2) is 18.1 Å². The van der Waals surface area contributed by atoms with Crippen molar-refractivity contribution in [3.8, 4) is 11.5 Å². The Morgan fingerprint density at radius 1 is 0.905 bits per heavy atom. The smallest absolute Gasteiger partial charge is 0.269 e. The van der Waals surface area contributed by atoms with Crippen molar-refractivity contribution in [2.75, 3.05) is 13.2 Å². The molecule has 0 saturated heterocycles. The average molecular weight is 283 g/mol. The maximum atomic E-state index is 10.6. The minimum Gasteiger partial charge on any atom is -0.486 e. The van der Waals surface area contributed by atoms with Gasteiger partial charge in [-0.1, -0.05) is 18.2 Å². The van der Waals surface area contributed by atoms with Gasteiger partial charge >= 0.3 is 0 Å². The molecule has 21 heavy (non-hydrogen) atoms. The predicted molar refractivity (Wildman–Crippen MR) is 79.5 cm³/mol. The lowest BCUT2D eigenvalue weighted by Crippen LogP contribution is -2.15. The summed E-state index contributed by atoms with van der Waals surface area (Å²) in [6, 6.07) is 12.1. The van der Waals surface area contributed by atoms with Gasteiger partial charge in [-0.05, 0) is 35.4 Å². The third kappa shape index (κ3) is 3.02. The van der Waals surface area contributed by atoms with Crippen LogP contribution < -0.4 is 9.47 Å². The molecule has 0 bridgehead atoms. The molecule has 3 rings (SSSR count). The van der Waals surface area contributed by atoms with E-state index in [1.165, 1.54) is 12.1 Å². The maximum absolute atomic E-state index is 10.6. The molecule has 0 saturated carbocycles. The van der Waals surface area contributed by atoms with Crippen LogP contribution in [0.2, 0.25) is 0 Å². The van der Waals surface area contributed by atoms with E-state index in [0.717, 1.165) is 22.6 Å². The maximum Gasteiger partial charge on any atom is 0.269 e. The molecule has 0 radical (unpaired) electrons. The van der Waals surface area contributed by atoms with Crippen LogP contribution in [0.4, 0.5) is 5.69 Å². The number of ether oxygens (including phenoxy) is 2. The van der Waals surface area contributed by atoms with E-state index in [2.05, 4.69) is 0 Å². The molecule has 0 fully saturated rings. The molecule has 0 spiro atoms. The number of rotatable bonds is 3. The Kier molecular flexibility index (Phi) is 3.55. The van der Waals surface area contributed by atoms with E-state index in [0.29, 0.717) is 13.2 Å². The first-order valence-electron chi connectivity index (χ1n) is 6.54. The molecular formula is C16H13NO4. The van der Waals surface area contributed by atoms with Gasteiger partial charge in [-0.15, -0.1) is 0 Å². The van der Waals surface area contributed by atoms with Crippen LogP contribution in [-0.2, 0) is 0 Å². The highest BCUT2D eigenvalue weighted by Gasteiger charge is 2.10. The molecule has 0 amide bonds. The summed E-state index contributed by atoms with van der Waals surface area (Å²) in [6.45, 7) is 1.13. The number of benzene rings is 2. The van der Waals surface area contributed by atoms with Crippen molar-refractivity contribution in [1.82, 2.24) is 0 Å². The fraction of sp³-hybridized carbons (Fsp3) is 0.125. The fourth-order valence-corrected chi connectivity index (χ4v) is 2.06. The normalized spacial score (nSPS) is 13.3. The molecule has 0 atom stereocenters. The number of nitro benzene ring substituents is 1. The van der Waals surface area contributed by atoms with Crippen LogP contribution in [0.15, 0.2) is 42.5 Å². The van der Waals surface area contributed by atoms with Crippen molar-refractivity contribution in [1.29, 1.82) is 0 Å². The fourth-order valence-electron chi connectivity index (χ4n) is 2.06. The molecule has 2 aromatic rings. The van der Waals surface area contributed by atoms with Crippen molar-refractivity contribution >= 4 is 17.8 Å². The molecule has 0 aliphatic carbocycles. The van der Waals surface area contributed by atoms with Gasteiger partial charge in [0.05, 0.1) is 4.92 Å². The lowest BCUT2D eigenvalue weighted by molar-refractivity contribution is -0.384. The molecule has 5 nitrogen and oxygen atoms in total. The summed E-state index contributed by atoms with van der Waals surface area (Å²) in [5.41, 5.74) is 1.97. The first-order valence-corrected chi connectivity index (χ1v) is 6.54. The zero-order valence-electron chi connectivity index (χ0n) is 11.2. The SMILES string of the molecule is O=[N+]([O-])c1ccc(C=Cc2ccc3c(c2)OCCO3)cc1. The van der Waals surface area contributed by atoms with E-state index in [9.17, 15) is 10.1 Å². The topological polar surface area (TPSA) is 61.6 Å². The lowest BCUT2D eigenvalue weighted by Gasteiger charge is -2.18. The summed E-state index contributed by atoms with van der Waals surface area (Å²) in [7, 11) is 0. The van der Waals surface area contributed by atoms with Gasteiger partial charge in [0.25, 0.3) is 5.69 Å². The van der Waals surface area contributed by atoms with E-state index in [4.69, 9.17) is 9.47 Å². The van der Waals surface area contributed by atoms with E-state index >= 15 is 0 Å². The average Bonchev–Trinajstić information content (AvgIpc) is 2.53. The standard InChI is InChI=1S/C16H13NO4/c18-17(19)14-6-3-12(4-7-14)1-2-13-5-8-15-16(11-13)21-10-9-20-15/h1-8,11H,9-10H2. The van der Waals surface area contributed by atoms with Gasteiger partial charge in [0, 0.05) is 12.1 Å². The molecule has 2 aromatic carbocycles. The third-order valence-corrected chi connectivity index (χ3v) is 3.14. The van der Waals surface area contributed by atoms with Crippen LogP contribution >= 0.6 is 0 Å². The number of hydrogen-bond donors (Lipinski definition) is 0. The Morgan fingerprint density at radius 3 is 2.24 bits per heavy atom. The zero-order valence-corrected chi connectivity index (χ0v) is 11.2. The van der Waals surface area contributed by atoms with Crippen molar-refractivity contribution in [3.63, 3.8) is 0 Å². The van der Waals surface area contributed by atoms with Gasteiger partial charge in [0.2, 0.25) is 0 Å². The Balaban J connectivity index is 1.77. The molecule has 5 heteroatoms.